The highest BCUT2D eigenvalue weighted by atomic mass is 16.6. The van der Waals surface area contributed by atoms with E-state index < -0.39 is 11.5 Å². The average Bonchev–Trinajstić information content (AvgIpc) is 3.39. The van der Waals surface area contributed by atoms with Crippen molar-refractivity contribution in [2.75, 3.05) is 31.1 Å². The van der Waals surface area contributed by atoms with Crippen molar-refractivity contribution in [1.82, 2.24) is 24.5 Å². The SMILES string of the molecule is CC(C)(C)OC(=O)N1CCN(c2ccc(-c3cnc4c(-c5ccnc6cc(C(N)=O)ccc56)cnn4c3)cc2)CC1. The van der Waals surface area contributed by atoms with Crippen LogP contribution in [-0.4, -0.2) is 68.3 Å². The molecule has 208 valence electrons. The number of rotatable bonds is 4. The summed E-state index contributed by atoms with van der Waals surface area (Å²) < 4.78 is 7.28. The number of piperazine rings is 1. The van der Waals surface area contributed by atoms with Gasteiger partial charge in [0.1, 0.15) is 5.60 Å². The van der Waals surface area contributed by atoms with Gasteiger partial charge in [-0.1, -0.05) is 18.2 Å². The highest BCUT2D eigenvalue weighted by Gasteiger charge is 2.26. The van der Waals surface area contributed by atoms with Gasteiger partial charge < -0.3 is 20.3 Å². The lowest BCUT2D eigenvalue weighted by molar-refractivity contribution is 0.0240. The van der Waals surface area contributed by atoms with Crippen LogP contribution in [-0.2, 0) is 4.74 Å². The van der Waals surface area contributed by atoms with E-state index in [4.69, 9.17) is 15.5 Å². The molecular weight excluding hydrogens is 518 g/mol. The molecule has 1 aliphatic heterocycles. The van der Waals surface area contributed by atoms with E-state index in [0.29, 0.717) is 24.2 Å². The summed E-state index contributed by atoms with van der Waals surface area (Å²) in [6.45, 7) is 8.38. The molecule has 0 aliphatic carbocycles. The van der Waals surface area contributed by atoms with Crippen LogP contribution in [0.15, 0.2) is 73.3 Å². The minimum atomic E-state index is -0.495. The zero-order valence-corrected chi connectivity index (χ0v) is 23.2. The molecule has 4 heterocycles. The Morgan fingerprint density at radius 1 is 0.878 bits per heavy atom. The van der Waals surface area contributed by atoms with Crippen molar-refractivity contribution in [3.63, 3.8) is 0 Å². The van der Waals surface area contributed by atoms with Gasteiger partial charge in [-0.3, -0.25) is 9.78 Å². The average molecular weight is 550 g/mol. The molecule has 1 fully saturated rings. The quantitative estimate of drug-likeness (QED) is 0.343. The number of nitrogens with zero attached hydrogens (tertiary/aromatic N) is 6. The number of hydrogen-bond donors (Lipinski definition) is 1. The van der Waals surface area contributed by atoms with E-state index in [1.165, 1.54) is 0 Å². The van der Waals surface area contributed by atoms with Crippen molar-refractivity contribution < 1.29 is 14.3 Å². The van der Waals surface area contributed by atoms with Gasteiger partial charge >= 0.3 is 6.09 Å². The lowest BCUT2D eigenvalue weighted by Gasteiger charge is -2.36. The number of amides is 2. The number of carbonyl (C=O) groups excluding carboxylic acids is 2. The summed E-state index contributed by atoms with van der Waals surface area (Å²) in [5, 5.41) is 5.47. The van der Waals surface area contributed by atoms with Crippen LogP contribution in [0, 0.1) is 0 Å². The van der Waals surface area contributed by atoms with Crippen LogP contribution in [0.5, 0.6) is 0 Å². The second-order valence-electron chi connectivity index (χ2n) is 11.1. The van der Waals surface area contributed by atoms with Crippen LogP contribution >= 0.6 is 0 Å². The van der Waals surface area contributed by atoms with Crippen molar-refractivity contribution in [3.8, 4) is 22.3 Å². The number of benzene rings is 2. The van der Waals surface area contributed by atoms with Crippen molar-refractivity contribution >= 4 is 34.2 Å². The number of fused-ring (bicyclic) bond motifs is 2. The van der Waals surface area contributed by atoms with Crippen LogP contribution in [0.3, 0.4) is 0 Å². The number of nitrogens with two attached hydrogens (primary N) is 1. The third kappa shape index (κ3) is 5.28. The molecule has 6 rings (SSSR count). The molecule has 3 aromatic heterocycles. The van der Waals surface area contributed by atoms with Gasteiger partial charge in [-0.25, -0.2) is 14.3 Å². The van der Waals surface area contributed by atoms with Crippen LogP contribution in [0.2, 0.25) is 0 Å². The second-order valence-corrected chi connectivity index (χ2v) is 11.1. The zero-order valence-electron chi connectivity index (χ0n) is 23.2. The molecule has 0 radical (unpaired) electrons. The summed E-state index contributed by atoms with van der Waals surface area (Å²) in [5.74, 6) is -0.488. The number of aromatic nitrogens is 4. The maximum atomic E-state index is 12.4. The van der Waals surface area contributed by atoms with Gasteiger partial charge in [-0.15, -0.1) is 0 Å². The van der Waals surface area contributed by atoms with Crippen LogP contribution in [0.25, 0.3) is 38.8 Å². The molecule has 1 aliphatic rings. The third-order valence-corrected chi connectivity index (χ3v) is 7.17. The van der Waals surface area contributed by atoms with Gasteiger partial charge in [0.05, 0.1) is 11.7 Å². The summed E-state index contributed by atoms with van der Waals surface area (Å²) in [5.41, 5.74) is 11.6. The lowest BCUT2D eigenvalue weighted by Crippen LogP contribution is -2.50. The third-order valence-electron chi connectivity index (χ3n) is 7.17. The molecule has 2 amide bonds. The molecule has 41 heavy (non-hydrogen) atoms. The van der Waals surface area contributed by atoms with Gasteiger partial charge in [0.15, 0.2) is 5.65 Å². The molecule has 1 saturated heterocycles. The number of anilines is 1. The molecule has 0 bridgehead atoms. The van der Waals surface area contributed by atoms with Gasteiger partial charge in [0, 0.05) is 72.5 Å². The Hall–Kier alpha value is -4.99. The van der Waals surface area contributed by atoms with Gasteiger partial charge in [-0.05, 0) is 62.2 Å². The predicted octanol–water partition coefficient (Wildman–Crippen LogP) is 4.77. The maximum absolute atomic E-state index is 12.4. The molecule has 2 aromatic carbocycles. The first-order valence-corrected chi connectivity index (χ1v) is 13.5. The van der Waals surface area contributed by atoms with Crippen LogP contribution < -0.4 is 10.6 Å². The molecule has 10 nitrogen and oxygen atoms in total. The first kappa shape index (κ1) is 26.2. The van der Waals surface area contributed by atoms with E-state index in [9.17, 15) is 9.59 Å². The second kappa shape index (κ2) is 10.2. The Labute approximate surface area is 237 Å². The fourth-order valence-electron chi connectivity index (χ4n) is 5.09. The zero-order chi connectivity index (χ0) is 28.7. The fourth-order valence-corrected chi connectivity index (χ4v) is 5.09. The molecule has 0 atom stereocenters. The molecule has 2 N–H and O–H groups in total. The summed E-state index contributed by atoms with van der Waals surface area (Å²) in [6, 6.07) is 15.5. The predicted molar refractivity (Wildman–Crippen MR) is 158 cm³/mol. The van der Waals surface area contributed by atoms with E-state index >= 15 is 0 Å². The fraction of sp³-hybridized carbons (Fsp3) is 0.258. The minimum absolute atomic E-state index is 0.258. The van der Waals surface area contributed by atoms with Crippen LogP contribution in [0.1, 0.15) is 31.1 Å². The largest absolute Gasteiger partial charge is 0.444 e. The topological polar surface area (TPSA) is 119 Å². The number of carbonyl (C=O) groups is 2. The van der Waals surface area contributed by atoms with E-state index in [1.807, 2.05) is 45.3 Å². The first-order chi connectivity index (χ1) is 19.7. The summed E-state index contributed by atoms with van der Waals surface area (Å²) in [6.07, 6.45) is 7.06. The van der Waals surface area contributed by atoms with Crippen molar-refractivity contribution in [2.24, 2.45) is 5.73 Å². The van der Waals surface area contributed by atoms with Crippen LogP contribution in [0.4, 0.5) is 10.5 Å². The number of ether oxygens (including phenoxy) is 1. The van der Waals surface area contributed by atoms with Gasteiger partial charge in [0.2, 0.25) is 5.91 Å². The Morgan fingerprint density at radius 2 is 1.63 bits per heavy atom. The van der Waals surface area contributed by atoms with E-state index in [2.05, 4.69) is 39.2 Å². The Kier molecular flexibility index (Phi) is 6.53. The van der Waals surface area contributed by atoms with Crippen molar-refractivity contribution in [2.45, 2.75) is 26.4 Å². The van der Waals surface area contributed by atoms with Crippen molar-refractivity contribution in [1.29, 1.82) is 0 Å². The van der Waals surface area contributed by atoms with E-state index in [0.717, 1.165) is 52.1 Å². The molecule has 0 spiro atoms. The molecule has 0 saturated carbocycles. The summed E-state index contributed by atoms with van der Waals surface area (Å²) in [7, 11) is 0. The van der Waals surface area contributed by atoms with Gasteiger partial charge in [-0.2, -0.15) is 5.10 Å². The first-order valence-electron chi connectivity index (χ1n) is 13.5. The Morgan fingerprint density at radius 3 is 2.34 bits per heavy atom. The lowest BCUT2D eigenvalue weighted by atomic mass is 10.0. The molecular formula is C31H31N7O3. The molecule has 10 heteroatoms. The Balaban J connectivity index is 1.19. The van der Waals surface area contributed by atoms with E-state index in [1.54, 1.807) is 33.9 Å². The number of pyridine rings is 1. The number of primary amides is 1. The maximum Gasteiger partial charge on any atom is 0.410 e. The number of hydrogen-bond acceptors (Lipinski definition) is 7. The summed E-state index contributed by atoms with van der Waals surface area (Å²) >= 11 is 0. The van der Waals surface area contributed by atoms with Crippen molar-refractivity contribution in [3.05, 3.63) is 78.9 Å². The van der Waals surface area contributed by atoms with E-state index in [-0.39, 0.29) is 6.09 Å². The molecule has 5 aromatic rings. The Bertz CT molecular complexity index is 1760. The van der Waals surface area contributed by atoms with Gasteiger partial charge in [0.25, 0.3) is 0 Å². The molecule has 0 unspecified atom stereocenters. The smallest absolute Gasteiger partial charge is 0.410 e. The summed E-state index contributed by atoms with van der Waals surface area (Å²) in [4.78, 5) is 37.2. The minimum Gasteiger partial charge on any atom is -0.444 e. The normalized spacial score (nSPS) is 14.0. The monoisotopic (exact) mass is 549 g/mol. The highest BCUT2D eigenvalue weighted by molar-refractivity contribution is 6.02. The standard InChI is InChI=1S/C31H31N7O3/c1-31(2,3)41-30(40)37-14-12-36(13-15-37)23-7-4-20(5-8-23)22-17-34-29-26(18-35-38(29)19-22)24-10-11-33-27-16-21(28(32)39)6-9-25(24)27/h4-11,16-19H,12-15H2,1-3H3,(H2,32,39). The highest BCUT2D eigenvalue weighted by Crippen LogP contribution is 2.31.